The molecule has 0 fully saturated rings. The lowest BCUT2D eigenvalue weighted by molar-refractivity contribution is 0.661. The molecule has 0 saturated carbocycles. The molecule has 1 aliphatic carbocycles. The van der Waals surface area contributed by atoms with Crippen molar-refractivity contribution >= 4 is 83.1 Å². The third kappa shape index (κ3) is 5.57. The molecule has 0 spiro atoms. The van der Waals surface area contributed by atoms with Gasteiger partial charge >= 0.3 is 0 Å². The molecule has 13 rings (SSSR count). The maximum absolute atomic E-state index is 6.69. The van der Waals surface area contributed by atoms with Crippen molar-refractivity contribution in [3.63, 3.8) is 0 Å². The fourth-order valence-corrected chi connectivity index (χ4v) is 16.3. The minimum absolute atomic E-state index is 0.135. The number of hydrogen-bond donors (Lipinski definition) is 0. The third-order valence-electron chi connectivity index (χ3n) is 14.6. The molecule has 1 heterocycles. The van der Waals surface area contributed by atoms with Gasteiger partial charge in [-0.25, -0.2) is 0 Å². The fourth-order valence-electron chi connectivity index (χ4n) is 11.6. The maximum Gasteiger partial charge on any atom is 0.179 e. The van der Waals surface area contributed by atoms with Crippen molar-refractivity contribution in [3.05, 3.63) is 242 Å². The number of rotatable bonds is 6. The lowest BCUT2D eigenvalue weighted by Crippen LogP contribution is -2.74. The van der Waals surface area contributed by atoms with E-state index in [-0.39, 0.29) is 5.41 Å². The van der Waals surface area contributed by atoms with Gasteiger partial charge in [0.15, 0.2) is 8.07 Å². The highest BCUT2D eigenvalue weighted by Gasteiger charge is 2.42. The Balaban J connectivity index is 1.01. The molecule has 306 valence electrons. The van der Waals surface area contributed by atoms with E-state index in [2.05, 4.69) is 244 Å². The van der Waals surface area contributed by atoms with Gasteiger partial charge < -0.3 is 4.42 Å². The molecule has 11 aromatic carbocycles. The first-order valence-corrected chi connectivity index (χ1v) is 24.7. The molecule has 0 bridgehead atoms. The summed E-state index contributed by atoms with van der Waals surface area (Å²) in [6, 6.07) is 86.1. The summed E-state index contributed by atoms with van der Waals surface area (Å²) in [6.07, 6.45) is 0. The Morgan fingerprint density at radius 1 is 0.323 bits per heavy atom. The number of fused-ring (bicyclic) bond motifs is 9. The van der Waals surface area contributed by atoms with Crippen molar-refractivity contribution in [2.75, 3.05) is 0 Å². The molecule has 1 aromatic heterocycles. The fraction of sp³-hybridized carbons (Fsp3) is 0.0476. The molecular weight excluding hydrogens is 801 g/mol. The smallest absolute Gasteiger partial charge is 0.179 e. The van der Waals surface area contributed by atoms with Gasteiger partial charge in [-0.15, -0.1) is 0 Å². The van der Waals surface area contributed by atoms with Crippen LogP contribution in [0.3, 0.4) is 0 Å². The Bertz CT molecular complexity index is 3690. The standard InChI is InChI=1S/C63H44OSi/c1-63(2)57-39-44(30-33-49(57)54-36-41-18-12-13-19-42(41)38-58(54)63)62-52-28-16-14-26-50(52)61(51-27-15-17-29-53(51)62)43-31-34-59-55(37-43)56-40-48(32-35-60(56)64-59)65(45-20-6-3-7-21-45,46-22-8-4-9-23-46)47-24-10-5-11-25-47/h3-40H,1-2H3. The second kappa shape index (κ2) is 14.4. The first-order chi connectivity index (χ1) is 32.0. The quantitative estimate of drug-likeness (QED) is 0.0923. The van der Waals surface area contributed by atoms with Crippen molar-refractivity contribution < 1.29 is 4.42 Å². The highest BCUT2D eigenvalue weighted by Crippen LogP contribution is 2.52. The van der Waals surface area contributed by atoms with E-state index in [9.17, 15) is 0 Å². The van der Waals surface area contributed by atoms with Crippen LogP contribution >= 0.6 is 0 Å². The van der Waals surface area contributed by atoms with Gasteiger partial charge in [0.05, 0.1) is 0 Å². The minimum Gasteiger partial charge on any atom is -0.456 e. The molecule has 0 amide bonds. The van der Waals surface area contributed by atoms with Gasteiger partial charge in [0, 0.05) is 16.2 Å². The van der Waals surface area contributed by atoms with Crippen LogP contribution in [-0.2, 0) is 5.41 Å². The van der Waals surface area contributed by atoms with Crippen LogP contribution in [0.2, 0.25) is 0 Å². The van der Waals surface area contributed by atoms with Crippen LogP contribution in [0.15, 0.2) is 235 Å². The van der Waals surface area contributed by atoms with Crippen LogP contribution in [-0.4, -0.2) is 8.07 Å². The molecule has 0 N–H and O–H groups in total. The summed E-state index contributed by atoms with van der Waals surface area (Å²) in [5.74, 6) is 0. The van der Waals surface area contributed by atoms with Crippen LogP contribution in [0.4, 0.5) is 0 Å². The average Bonchev–Trinajstić information content (AvgIpc) is 3.83. The van der Waals surface area contributed by atoms with E-state index in [4.69, 9.17) is 4.42 Å². The van der Waals surface area contributed by atoms with Crippen LogP contribution < -0.4 is 20.7 Å². The van der Waals surface area contributed by atoms with Crippen molar-refractivity contribution in [1.82, 2.24) is 0 Å². The maximum atomic E-state index is 6.69. The zero-order chi connectivity index (χ0) is 43.3. The topological polar surface area (TPSA) is 13.1 Å². The normalized spacial score (nSPS) is 13.2. The number of hydrogen-bond acceptors (Lipinski definition) is 1. The van der Waals surface area contributed by atoms with Crippen LogP contribution in [0, 0.1) is 0 Å². The highest BCUT2D eigenvalue weighted by atomic mass is 28.3. The molecule has 1 nitrogen and oxygen atoms in total. The molecule has 0 aliphatic heterocycles. The first-order valence-electron chi connectivity index (χ1n) is 22.7. The zero-order valence-electron chi connectivity index (χ0n) is 36.3. The molecule has 2 heteroatoms. The van der Waals surface area contributed by atoms with Gasteiger partial charge in [0.25, 0.3) is 0 Å². The van der Waals surface area contributed by atoms with Gasteiger partial charge in [-0.05, 0) is 134 Å². The predicted octanol–water partition coefficient (Wildman–Crippen LogP) is 14.1. The Kier molecular flexibility index (Phi) is 8.34. The lowest BCUT2D eigenvalue weighted by atomic mass is 9.80. The molecule has 12 aromatic rings. The summed E-state index contributed by atoms with van der Waals surface area (Å²) < 4.78 is 6.69. The Morgan fingerprint density at radius 3 is 1.31 bits per heavy atom. The molecule has 0 atom stereocenters. The molecule has 0 radical (unpaired) electrons. The highest BCUT2D eigenvalue weighted by molar-refractivity contribution is 7.20. The molecule has 0 unspecified atom stereocenters. The van der Waals surface area contributed by atoms with E-state index in [1.807, 2.05) is 0 Å². The van der Waals surface area contributed by atoms with Gasteiger partial charge in [-0.2, -0.15) is 0 Å². The van der Waals surface area contributed by atoms with Crippen molar-refractivity contribution in [1.29, 1.82) is 0 Å². The van der Waals surface area contributed by atoms with E-state index in [0.29, 0.717) is 0 Å². The predicted molar refractivity (Wildman–Crippen MR) is 278 cm³/mol. The Hall–Kier alpha value is -7.78. The average molecular weight is 845 g/mol. The van der Waals surface area contributed by atoms with E-state index in [1.54, 1.807) is 0 Å². The second-order valence-electron chi connectivity index (χ2n) is 18.3. The summed E-state index contributed by atoms with van der Waals surface area (Å²) in [5, 5.41) is 15.2. The zero-order valence-corrected chi connectivity index (χ0v) is 37.3. The largest absolute Gasteiger partial charge is 0.456 e. The van der Waals surface area contributed by atoms with E-state index in [0.717, 1.165) is 21.9 Å². The summed E-state index contributed by atoms with van der Waals surface area (Å²) in [4.78, 5) is 0. The summed E-state index contributed by atoms with van der Waals surface area (Å²) in [5.41, 5.74) is 12.1. The lowest BCUT2D eigenvalue weighted by Gasteiger charge is -2.34. The van der Waals surface area contributed by atoms with Crippen LogP contribution in [0.5, 0.6) is 0 Å². The van der Waals surface area contributed by atoms with Gasteiger partial charge in [-0.1, -0.05) is 208 Å². The van der Waals surface area contributed by atoms with Crippen molar-refractivity contribution in [3.8, 4) is 33.4 Å². The van der Waals surface area contributed by atoms with Crippen molar-refractivity contribution in [2.45, 2.75) is 19.3 Å². The molecule has 0 saturated heterocycles. The van der Waals surface area contributed by atoms with Crippen molar-refractivity contribution in [2.24, 2.45) is 0 Å². The Morgan fingerprint density at radius 2 is 0.754 bits per heavy atom. The summed E-state index contributed by atoms with van der Waals surface area (Å²) in [7, 11) is -2.75. The second-order valence-corrected chi connectivity index (χ2v) is 22.2. The van der Waals surface area contributed by atoms with Gasteiger partial charge in [0.1, 0.15) is 11.2 Å². The summed E-state index contributed by atoms with van der Waals surface area (Å²) in [6.45, 7) is 4.78. The number of benzene rings is 11. The van der Waals surface area contributed by atoms with E-state index < -0.39 is 8.07 Å². The number of furan rings is 1. The third-order valence-corrected chi connectivity index (χ3v) is 19.3. The molecular formula is C63H44OSi. The molecule has 1 aliphatic rings. The van der Waals surface area contributed by atoms with Crippen LogP contribution in [0.1, 0.15) is 25.0 Å². The van der Waals surface area contributed by atoms with E-state index in [1.165, 1.54) is 97.6 Å². The van der Waals surface area contributed by atoms with Crippen LogP contribution in [0.25, 0.3) is 87.6 Å². The summed E-state index contributed by atoms with van der Waals surface area (Å²) >= 11 is 0. The Labute approximate surface area is 379 Å². The molecule has 65 heavy (non-hydrogen) atoms. The van der Waals surface area contributed by atoms with Gasteiger partial charge in [-0.3, -0.25) is 0 Å². The SMILES string of the molecule is CC1(C)c2cc(-c3c4ccccc4c(-c4ccc5oc6ccc([Si](c7ccccc7)(c7ccccc7)c7ccccc7)cc6c5c4)c4ccccc34)ccc2-c2cc3ccccc3cc21. The first kappa shape index (κ1) is 37.7. The minimum atomic E-state index is -2.75. The van der Waals surface area contributed by atoms with Gasteiger partial charge in [0.2, 0.25) is 0 Å². The van der Waals surface area contributed by atoms with E-state index >= 15 is 0 Å². The monoisotopic (exact) mass is 844 g/mol.